The van der Waals surface area contributed by atoms with Gasteiger partial charge in [-0.3, -0.25) is 9.59 Å². The van der Waals surface area contributed by atoms with E-state index < -0.39 is 0 Å². The van der Waals surface area contributed by atoms with Crippen molar-refractivity contribution in [1.82, 2.24) is 14.9 Å². The van der Waals surface area contributed by atoms with Crippen LogP contribution in [0.3, 0.4) is 0 Å². The van der Waals surface area contributed by atoms with Crippen LogP contribution in [0.5, 0.6) is 0 Å². The fourth-order valence-corrected chi connectivity index (χ4v) is 3.29. The van der Waals surface area contributed by atoms with E-state index in [2.05, 4.69) is 9.97 Å². The molecule has 1 amide bonds. The molecule has 3 aromatic rings. The van der Waals surface area contributed by atoms with Crippen LogP contribution in [0, 0.1) is 0 Å². The minimum absolute atomic E-state index is 0.00232. The largest absolute Gasteiger partial charge is 0.367 e. The van der Waals surface area contributed by atoms with Crippen molar-refractivity contribution in [3.05, 3.63) is 87.8 Å². The number of aromatic amines is 1. The molecule has 0 bridgehead atoms. The van der Waals surface area contributed by atoms with Crippen molar-refractivity contribution in [3.63, 3.8) is 0 Å². The SMILES string of the molecule is O=C(COCc1ccccc1)N1CCc2nc(-c3ccccc3)[nH]c(=O)c2C1. The summed E-state index contributed by atoms with van der Waals surface area (Å²) in [5.74, 6) is 0.448. The van der Waals surface area contributed by atoms with E-state index in [-0.39, 0.29) is 24.6 Å². The Morgan fingerprint density at radius 1 is 1.07 bits per heavy atom. The minimum atomic E-state index is -0.188. The van der Waals surface area contributed by atoms with Gasteiger partial charge in [0.2, 0.25) is 5.91 Å². The van der Waals surface area contributed by atoms with Crippen molar-refractivity contribution in [1.29, 1.82) is 0 Å². The number of carbonyl (C=O) groups is 1. The molecular formula is C22H21N3O3. The third kappa shape index (κ3) is 4.02. The lowest BCUT2D eigenvalue weighted by Crippen LogP contribution is -2.41. The van der Waals surface area contributed by atoms with Crippen molar-refractivity contribution in [3.8, 4) is 11.4 Å². The molecule has 1 aliphatic rings. The number of nitrogens with zero attached hydrogens (tertiary/aromatic N) is 2. The second-order valence-electron chi connectivity index (χ2n) is 6.75. The molecule has 0 atom stereocenters. The van der Waals surface area contributed by atoms with E-state index in [1.165, 1.54) is 0 Å². The van der Waals surface area contributed by atoms with Crippen LogP contribution in [-0.4, -0.2) is 33.9 Å². The number of ether oxygens (including phenoxy) is 1. The molecule has 0 unspecified atom stereocenters. The summed E-state index contributed by atoms with van der Waals surface area (Å²) in [6, 6.07) is 19.3. The molecule has 0 saturated carbocycles. The number of nitrogens with one attached hydrogen (secondary N) is 1. The maximum Gasteiger partial charge on any atom is 0.256 e. The maximum atomic E-state index is 12.6. The molecule has 2 aromatic carbocycles. The molecule has 0 saturated heterocycles. The minimum Gasteiger partial charge on any atom is -0.367 e. The van der Waals surface area contributed by atoms with Gasteiger partial charge in [-0.15, -0.1) is 0 Å². The Balaban J connectivity index is 1.42. The molecule has 1 N–H and O–H groups in total. The van der Waals surface area contributed by atoms with Gasteiger partial charge in [0.25, 0.3) is 5.56 Å². The second-order valence-corrected chi connectivity index (χ2v) is 6.75. The number of amides is 1. The standard InChI is InChI=1S/C22H21N3O3/c26-20(15-28-14-16-7-3-1-4-8-16)25-12-11-19-18(13-25)22(27)24-21(23-19)17-9-5-2-6-10-17/h1-10H,11-15H2,(H,23,24,27). The van der Waals surface area contributed by atoms with Gasteiger partial charge in [-0.2, -0.15) is 0 Å². The molecule has 0 aliphatic carbocycles. The Kier molecular flexibility index (Phi) is 5.30. The second kappa shape index (κ2) is 8.19. The average molecular weight is 375 g/mol. The molecule has 0 radical (unpaired) electrons. The zero-order valence-electron chi connectivity index (χ0n) is 15.4. The number of rotatable bonds is 5. The summed E-state index contributed by atoms with van der Waals surface area (Å²) in [5.41, 5.74) is 3.02. The van der Waals surface area contributed by atoms with Gasteiger partial charge in [0.05, 0.1) is 24.4 Å². The van der Waals surface area contributed by atoms with Crippen LogP contribution in [0.2, 0.25) is 0 Å². The van der Waals surface area contributed by atoms with Crippen molar-refractivity contribution >= 4 is 5.91 Å². The molecule has 6 heteroatoms. The number of carbonyl (C=O) groups excluding carboxylic acids is 1. The Bertz CT molecular complexity index is 1020. The number of benzene rings is 2. The van der Waals surface area contributed by atoms with Crippen molar-refractivity contribution in [2.45, 2.75) is 19.6 Å². The monoisotopic (exact) mass is 375 g/mol. The molecule has 2 heterocycles. The van der Waals surface area contributed by atoms with Crippen LogP contribution < -0.4 is 5.56 Å². The molecular weight excluding hydrogens is 354 g/mol. The number of hydrogen-bond donors (Lipinski definition) is 1. The Morgan fingerprint density at radius 3 is 2.54 bits per heavy atom. The highest BCUT2D eigenvalue weighted by Crippen LogP contribution is 2.18. The number of hydrogen-bond acceptors (Lipinski definition) is 4. The third-order valence-corrected chi connectivity index (χ3v) is 4.81. The Morgan fingerprint density at radius 2 is 1.79 bits per heavy atom. The fraction of sp³-hybridized carbons (Fsp3) is 0.227. The van der Waals surface area contributed by atoms with Gasteiger partial charge in [-0.05, 0) is 5.56 Å². The average Bonchev–Trinajstić information content (AvgIpc) is 2.75. The van der Waals surface area contributed by atoms with Crippen LogP contribution in [-0.2, 0) is 29.1 Å². The molecule has 0 fully saturated rings. The number of fused-ring (bicyclic) bond motifs is 1. The van der Waals surface area contributed by atoms with Crippen molar-refractivity contribution < 1.29 is 9.53 Å². The van der Waals surface area contributed by atoms with Crippen LogP contribution in [0.4, 0.5) is 0 Å². The maximum absolute atomic E-state index is 12.6. The first-order valence-electron chi connectivity index (χ1n) is 9.27. The van der Waals surface area contributed by atoms with E-state index in [9.17, 15) is 9.59 Å². The summed E-state index contributed by atoms with van der Waals surface area (Å²) in [7, 11) is 0. The summed E-state index contributed by atoms with van der Waals surface area (Å²) in [5, 5.41) is 0. The summed E-state index contributed by atoms with van der Waals surface area (Å²) in [6.45, 7) is 1.18. The van der Waals surface area contributed by atoms with Gasteiger partial charge in [0.1, 0.15) is 12.4 Å². The van der Waals surface area contributed by atoms with Gasteiger partial charge in [0.15, 0.2) is 0 Å². The van der Waals surface area contributed by atoms with Crippen LogP contribution in [0.1, 0.15) is 16.8 Å². The van der Waals surface area contributed by atoms with Gasteiger partial charge in [-0.1, -0.05) is 60.7 Å². The van der Waals surface area contributed by atoms with E-state index in [1.807, 2.05) is 60.7 Å². The summed E-state index contributed by atoms with van der Waals surface area (Å²) in [4.78, 5) is 34.1. The van der Waals surface area contributed by atoms with E-state index in [1.54, 1.807) is 4.90 Å². The zero-order chi connectivity index (χ0) is 19.3. The number of H-pyrrole nitrogens is 1. The normalized spacial score (nSPS) is 13.2. The van der Waals surface area contributed by atoms with Crippen LogP contribution in [0.25, 0.3) is 11.4 Å². The van der Waals surface area contributed by atoms with E-state index >= 15 is 0 Å². The first-order valence-corrected chi connectivity index (χ1v) is 9.27. The van der Waals surface area contributed by atoms with Crippen LogP contribution >= 0.6 is 0 Å². The van der Waals surface area contributed by atoms with E-state index in [4.69, 9.17) is 4.74 Å². The lowest BCUT2D eigenvalue weighted by atomic mass is 10.1. The topological polar surface area (TPSA) is 75.3 Å². The van der Waals surface area contributed by atoms with Gasteiger partial charge in [0, 0.05) is 18.5 Å². The molecule has 1 aromatic heterocycles. The summed E-state index contributed by atoms with van der Waals surface area (Å²) in [6.07, 6.45) is 0.559. The Hall–Kier alpha value is -3.25. The smallest absolute Gasteiger partial charge is 0.256 e. The summed E-state index contributed by atoms with van der Waals surface area (Å²) < 4.78 is 5.54. The van der Waals surface area contributed by atoms with E-state index in [0.717, 1.165) is 16.8 Å². The zero-order valence-corrected chi connectivity index (χ0v) is 15.4. The van der Waals surface area contributed by atoms with Gasteiger partial charge < -0.3 is 14.6 Å². The highest BCUT2D eigenvalue weighted by molar-refractivity contribution is 5.77. The molecule has 4 rings (SSSR count). The van der Waals surface area contributed by atoms with Gasteiger partial charge in [-0.25, -0.2) is 4.98 Å². The first kappa shape index (κ1) is 18.1. The van der Waals surface area contributed by atoms with E-state index in [0.29, 0.717) is 31.0 Å². The predicted octanol–water partition coefficient (Wildman–Crippen LogP) is 2.54. The van der Waals surface area contributed by atoms with Crippen molar-refractivity contribution in [2.75, 3.05) is 13.2 Å². The lowest BCUT2D eigenvalue weighted by Gasteiger charge is -2.27. The Labute approximate surface area is 162 Å². The third-order valence-electron chi connectivity index (χ3n) is 4.81. The predicted molar refractivity (Wildman–Crippen MR) is 106 cm³/mol. The quantitative estimate of drug-likeness (QED) is 0.744. The molecule has 1 aliphatic heterocycles. The highest BCUT2D eigenvalue weighted by Gasteiger charge is 2.24. The molecule has 142 valence electrons. The van der Waals surface area contributed by atoms with Gasteiger partial charge >= 0.3 is 0 Å². The number of aromatic nitrogens is 2. The van der Waals surface area contributed by atoms with Crippen LogP contribution in [0.15, 0.2) is 65.5 Å². The highest BCUT2D eigenvalue weighted by atomic mass is 16.5. The van der Waals surface area contributed by atoms with Crippen molar-refractivity contribution in [2.24, 2.45) is 0 Å². The summed E-state index contributed by atoms with van der Waals surface area (Å²) >= 11 is 0. The lowest BCUT2D eigenvalue weighted by molar-refractivity contribution is -0.137. The molecule has 28 heavy (non-hydrogen) atoms. The molecule has 0 spiro atoms. The fourth-order valence-electron chi connectivity index (χ4n) is 3.29. The molecule has 6 nitrogen and oxygen atoms in total. The first-order chi connectivity index (χ1) is 13.7.